The van der Waals surface area contributed by atoms with Crippen molar-refractivity contribution in [3.05, 3.63) is 77.9 Å². The average molecular weight is 654 g/mol. The lowest BCUT2D eigenvalue weighted by atomic mass is 10.00. The molecule has 0 radical (unpaired) electrons. The third kappa shape index (κ3) is 13.2. The van der Waals surface area contributed by atoms with Crippen LogP contribution in [0.15, 0.2) is 66.7 Å². The van der Waals surface area contributed by atoms with Gasteiger partial charge in [0.25, 0.3) is 0 Å². The zero-order chi connectivity index (χ0) is 34.2. The van der Waals surface area contributed by atoms with E-state index in [0.29, 0.717) is 12.3 Å². The van der Waals surface area contributed by atoms with Gasteiger partial charge in [0.15, 0.2) is 6.10 Å². The Morgan fingerprint density at radius 2 is 1.38 bits per heavy atom. The molecule has 3 aromatic rings. The van der Waals surface area contributed by atoms with E-state index < -0.39 is 35.8 Å². The van der Waals surface area contributed by atoms with Crippen LogP contribution < -0.4 is 20.7 Å². The SMILES string of the molecule is CCCCCNC(=O)C(Cc1ccc(OC(COO)COO)cc1)NC(=O)C(Cc1ccc2ccccc2c1)NC(=O)OC(C)(C)C. The standard InChI is InChI=1S/C35H47N3O9/c1-5-6-9-18-36-32(39)30(20-24-13-16-28(17-14-24)46-29(22-44-42)23-45-43)37-33(40)31(38-34(41)47-35(2,3)4)21-25-12-15-26-10-7-8-11-27(26)19-25/h7-8,10-17,19,29-31,42-43H,5-6,9,18,20-23H2,1-4H3,(H,36,39)(H,37,40)(H,38,41). The summed E-state index contributed by atoms with van der Waals surface area (Å²) in [7, 11) is 0. The first-order valence-electron chi connectivity index (χ1n) is 15.8. The summed E-state index contributed by atoms with van der Waals surface area (Å²) in [5.74, 6) is -0.472. The molecule has 0 saturated carbocycles. The van der Waals surface area contributed by atoms with E-state index in [4.69, 9.17) is 20.0 Å². The van der Waals surface area contributed by atoms with Crippen molar-refractivity contribution in [3.63, 3.8) is 0 Å². The molecule has 2 atom stereocenters. The van der Waals surface area contributed by atoms with Crippen LogP contribution in [-0.2, 0) is 36.9 Å². The molecule has 3 amide bonds. The van der Waals surface area contributed by atoms with Gasteiger partial charge in [-0.25, -0.2) is 14.6 Å². The van der Waals surface area contributed by atoms with E-state index in [-0.39, 0.29) is 32.0 Å². The molecular formula is C35H47N3O9. The Morgan fingerprint density at radius 1 is 0.766 bits per heavy atom. The highest BCUT2D eigenvalue weighted by atomic mass is 17.1. The molecule has 12 heteroatoms. The molecule has 3 rings (SSSR count). The lowest BCUT2D eigenvalue weighted by Gasteiger charge is -2.25. The summed E-state index contributed by atoms with van der Waals surface area (Å²) >= 11 is 0. The highest BCUT2D eigenvalue weighted by Gasteiger charge is 2.29. The summed E-state index contributed by atoms with van der Waals surface area (Å²) in [4.78, 5) is 48.3. The van der Waals surface area contributed by atoms with Crippen molar-refractivity contribution in [2.75, 3.05) is 19.8 Å². The first-order valence-corrected chi connectivity index (χ1v) is 15.8. The van der Waals surface area contributed by atoms with Gasteiger partial charge in [0.2, 0.25) is 11.8 Å². The molecule has 256 valence electrons. The van der Waals surface area contributed by atoms with Crippen molar-refractivity contribution in [2.45, 2.75) is 83.6 Å². The quantitative estimate of drug-likeness (QED) is 0.0719. The monoisotopic (exact) mass is 653 g/mol. The molecule has 0 aromatic heterocycles. The van der Waals surface area contributed by atoms with Gasteiger partial charge in [-0.15, -0.1) is 0 Å². The summed E-state index contributed by atoms with van der Waals surface area (Å²) < 4.78 is 11.1. The first kappa shape index (κ1) is 37.2. The normalized spacial score (nSPS) is 12.7. The van der Waals surface area contributed by atoms with Crippen LogP contribution >= 0.6 is 0 Å². The fourth-order valence-corrected chi connectivity index (χ4v) is 4.87. The summed E-state index contributed by atoms with van der Waals surface area (Å²) in [5.41, 5.74) is 0.777. The first-order chi connectivity index (χ1) is 22.5. The predicted molar refractivity (Wildman–Crippen MR) is 177 cm³/mol. The zero-order valence-electron chi connectivity index (χ0n) is 27.5. The van der Waals surface area contributed by atoms with Gasteiger partial charge in [-0.2, -0.15) is 0 Å². The van der Waals surface area contributed by atoms with Gasteiger partial charge in [-0.3, -0.25) is 20.1 Å². The molecule has 5 N–H and O–H groups in total. The Hall–Kier alpha value is -4.23. The molecule has 0 aliphatic carbocycles. The minimum Gasteiger partial charge on any atom is -0.485 e. The van der Waals surface area contributed by atoms with Crippen LogP contribution in [0.4, 0.5) is 4.79 Å². The van der Waals surface area contributed by atoms with Gasteiger partial charge in [0, 0.05) is 19.4 Å². The van der Waals surface area contributed by atoms with E-state index in [9.17, 15) is 14.4 Å². The van der Waals surface area contributed by atoms with Crippen molar-refractivity contribution in [1.82, 2.24) is 16.0 Å². The zero-order valence-corrected chi connectivity index (χ0v) is 27.5. The maximum Gasteiger partial charge on any atom is 0.408 e. The minimum atomic E-state index is -1.03. The number of alkyl carbamates (subject to hydrolysis) is 1. The summed E-state index contributed by atoms with van der Waals surface area (Å²) in [5, 5.41) is 28.0. The van der Waals surface area contributed by atoms with Gasteiger partial charge in [0.05, 0.1) is 0 Å². The van der Waals surface area contributed by atoms with E-state index in [1.165, 1.54) is 0 Å². The molecule has 0 spiro atoms. The van der Waals surface area contributed by atoms with Gasteiger partial charge >= 0.3 is 6.09 Å². The maximum atomic E-state index is 13.8. The Bertz CT molecular complexity index is 1420. The lowest BCUT2D eigenvalue weighted by molar-refractivity contribution is -0.286. The summed E-state index contributed by atoms with van der Waals surface area (Å²) in [6, 6.07) is 18.5. The second-order valence-electron chi connectivity index (χ2n) is 12.3. The number of amides is 3. The molecule has 12 nitrogen and oxygen atoms in total. The van der Waals surface area contributed by atoms with E-state index >= 15 is 0 Å². The van der Waals surface area contributed by atoms with Gasteiger partial charge < -0.3 is 25.4 Å². The topological polar surface area (TPSA) is 165 Å². The van der Waals surface area contributed by atoms with Crippen LogP contribution in [-0.4, -0.2) is 72.0 Å². The number of fused-ring (bicyclic) bond motifs is 1. The number of rotatable bonds is 18. The Balaban J connectivity index is 1.82. The number of carbonyl (C=O) groups is 3. The third-order valence-electron chi connectivity index (χ3n) is 7.16. The van der Waals surface area contributed by atoms with Crippen molar-refractivity contribution in [2.24, 2.45) is 0 Å². The number of benzene rings is 3. The van der Waals surface area contributed by atoms with Gasteiger partial charge in [-0.05, 0) is 61.2 Å². The van der Waals surface area contributed by atoms with Crippen molar-refractivity contribution in [3.8, 4) is 5.75 Å². The number of nitrogens with one attached hydrogen (secondary N) is 3. The molecule has 2 unspecified atom stereocenters. The van der Waals surface area contributed by atoms with Crippen LogP contribution in [0.5, 0.6) is 5.75 Å². The lowest BCUT2D eigenvalue weighted by Crippen LogP contribution is -2.55. The average Bonchev–Trinajstić information content (AvgIpc) is 3.02. The van der Waals surface area contributed by atoms with E-state index in [1.807, 2.05) is 42.5 Å². The summed E-state index contributed by atoms with van der Waals surface area (Å²) in [6.45, 7) is 7.29. The Kier molecular flexibility index (Phi) is 14.9. The molecule has 0 aliphatic rings. The van der Waals surface area contributed by atoms with Crippen LogP contribution in [0.3, 0.4) is 0 Å². The highest BCUT2D eigenvalue weighted by molar-refractivity contribution is 5.92. The molecular weight excluding hydrogens is 606 g/mol. The predicted octanol–water partition coefficient (Wildman–Crippen LogP) is 5.04. The number of hydrogen-bond donors (Lipinski definition) is 5. The van der Waals surface area contributed by atoms with Crippen LogP contribution in [0.2, 0.25) is 0 Å². The van der Waals surface area contributed by atoms with E-state index in [0.717, 1.165) is 41.2 Å². The maximum absolute atomic E-state index is 13.8. The second kappa shape index (κ2) is 18.8. The van der Waals surface area contributed by atoms with Crippen molar-refractivity contribution in [1.29, 1.82) is 0 Å². The number of unbranched alkanes of at least 4 members (excludes halogenated alkanes) is 2. The van der Waals surface area contributed by atoms with Gasteiger partial charge in [0.1, 0.15) is 36.6 Å². The smallest absolute Gasteiger partial charge is 0.408 e. The molecule has 0 saturated heterocycles. The molecule has 3 aromatic carbocycles. The third-order valence-corrected chi connectivity index (χ3v) is 7.16. The highest BCUT2D eigenvalue weighted by Crippen LogP contribution is 2.19. The molecule has 0 bridgehead atoms. The second-order valence-corrected chi connectivity index (χ2v) is 12.3. The number of ether oxygens (including phenoxy) is 2. The van der Waals surface area contributed by atoms with Crippen LogP contribution in [0.1, 0.15) is 58.1 Å². The van der Waals surface area contributed by atoms with Crippen molar-refractivity contribution < 1.29 is 44.1 Å². The molecule has 47 heavy (non-hydrogen) atoms. The Labute approximate surface area is 275 Å². The van der Waals surface area contributed by atoms with Crippen molar-refractivity contribution >= 4 is 28.7 Å². The van der Waals surface area contributed by atoms with Crippen LogP contribution in [0.25, 0.3) is 10.8 Å². The fraction of sp³-hybridized carbons (Fsp3) is 0.457. The fourth-order valence-electron chi connectivity index (χ4n) is 4.87. The van der Waals surface area contributed by atoms with E-state index in [2.05, 4.69) is 32.6 Å². The molecule has 0 heterocycles. The minimum absolute atomic E-state index is 0.156. The largest absolute Gasteiger partial charge is 0.485 e. The molecule has 0 fully saturated rings. The Morgan fingerprint density at radius 3 is 2.02 bits per heavy atom. The number of carbonyl (C=O) groups excluding carboxylic acids is 3. The van der Waals surface area contributed by atoms with Crippen LogP contribution in [0, 0.1) is 0 Å². The number of hydrogen-bond acceptors (Lipinski definition) is 9. The van der Waals surface area contributed by atoms with E-state index in [1.54, 1.807) is 45.0 Å². The van der Waals surface area contributed by atoms with Gasteiger partial charge in [-0.1, -0.05) is 74.4 Å². The summed E-state index contributed by atoms with van der Waals surface area (Å²) in [6.07, 6.45) is 1.56. The molecule has 0 aliphatic heterocycles.